The van der Waals surface area contributed by atoms with Gasteiger partial charge in [0.25, 0.3) is 0 Å². The maximum absolute atomic E-state index is 9.58. The van der Waals surface area contributed by atoms with Crippen molar-refractivity contribution in [2.75, 3.05) is 5.75 Å². The second kappa shape index (κ2) is 4.84. The van der Waals surface area contributed by atoms with E-state index in [4.69, 9.17) is 0 Å². The first-order chi connectivity index (χ1) is 6.25. The average molecular weight is 192 g/mol. The number of aryl methyl sites for hydroxylation is 1. The summed E-state index contributed by atoms with van der Waals surface area (Å²) in [5, 5.41) is 9.58. The van der Waals surface area contributed by atoms with Crippen LogP contribution >= 0.6 is 12.6 Å². The summed E-state index contributed by atoms with van der Waals surface area (Å²) in [6, 6.07) is 5.56. The summed E-state index contributed by atoms with van der Waals surface area (Å²) in [5.41, 5.74) is 1.56. The molecule has 0 bridgehead atoms. The molecule has 0 unspecified atom stereocenters. The number of rotatable bonds is 1. The summed E-state index contributed by atoms with van der Waals surface area (Å²) >= 11 is 4.05. The number of para-hydroxylation sites is 1. The molecule has 0 radical (unpaired) electrons. The number of phenols is 1. The molecule has 1 N–H and O–H groups in total. The lowest BCUT2D eigenvalue weighted by molar-refractivity contribution is 0.469. The Kier molecular flexibility index (Phi) is 3.72. The van der Waals surface area contributed by atoms with Gasteiger partial charge in [0.05, 0.1) is 5.56 Å². The van der Waals surface area contributed by atoms with Crippen LogP contribution in [0.3, 0.4) is 0 Å². The summed E-state index contributed by atoms with van der Waals surface area (Å²) < 4.78 is 0. The van der Waals surface area contributed by atoms with E-state index in [1.54, 1.807) is 0 Å². The minimum Gasteiger partial charge on any atom is -0.506 e. The summed E-state index contributed by atoms with van der Waals surface area (Å²) in [6.07, 6.45) is 0.747. The number of phenolic OH excluding ortho intramolecular Hbond substituents is 1. The highest BCUT2D eigenvalue weighted by atomic mass is 32.1. The summed E-state index contributed by atoms with van der Waals surface area (Å²) in [6.45, 7) is 1.86. The maximum atomic E-state index is 9.58. The molecule has 0 aliphatic rings. The third kappa shape index (κ3) is 2.71. The van der Waals surface area contributed by atoms with E-state index in [-0.39, 0.29) is 5.75 Å². The molecule has 0 aliphatic carbocycles. The molecule has 0 heterocycles. The van der Waals surface area contributed by atoms with Crippen molar-refractivity contribution in [1.82, 2.24) is 0 Å². The first-order valence-electron chi connectivity index (χ1n) is 4.14. The van der Waals surface area contributed by atoms with Crippen molar-refractivity contribution in [3.05, 3.63) is 29.3 Å². The van der Waals surface area contributed by atoms with Crippen LogP contribution in [0.25, 0.3) is 0 Å². The van der Waals surface area contributed by atoms with E-state index in [0.29, 0.717) is 5.56 Å². The lowest BCUT2D eigenvalue weighted by atomic mass is 10.1. The zero-order valence-electron chi connectivity index (χ0n) is 7.54. The van der Waals surface area contributed by atoms with E-state index in [1.807, 2.05) is 25.1 Å². The van der Waals surface area contributed by atoms with Crippen molar-refractivity contribution < 1.29 is 5.11 Å². The molecule has 0 spiro atoms. The van der Waals surface area contributed by atoms with E-state index >= 15 is 0 Å². The lowest BCUT2D eigenvalue weighted by Crippen LogP contribution is -1.80. The predicted molar refractivity (Wildman–Crippen MR) is 58.2 cm³/mol. The molecular weight excluding hydrogens is 180 g/mol. The van der Waals surface area contributed by atoms with E-state index in [9.17, 15) is 5.11 Å². The van der Waals surface area contributed by atoms with Crippen LogP contribution in [0.15, 0.2) is 18.2 Å². The Balaban J connectivity index is 2.91. The Hall–Kier alpha value is -1.07. The molecule has 13 heavy (non-hydrogen) atoms. The quantitative estimate of drug-likeness (QED) is 0.517. The van der Waals surface area contributed by atoms with Crippen molar-refractivity contribution >= 4 is 12.6 Å². The standard InChI is InChI=1S/C11H12OS/c1-9-5-4-7-10(11(9)12)6-2-3-8-13/h4-5,7,12-13H,3,8H2,1H3. The largest absolute Gasteiger partial charge is 0.506 e. The normalized spacial score (nSPS) is 9.08. The molecule has 1 aromatic carbocycles. The molecule has 0 saturated heterocycles. The fraction of sp³-hybridized carbons (Fsp3) is 0.273. The lowest BCUT2D eigenvalue weighted by Gasteiger charge is -1.99. The van der Waals surface area contributed by atoms with Gasteiger partial charge in [-0.25, -0.2) is 0 Å². The third-order valence-electron chi connectivity index (χ3n) is 1.70. The zero-order chi connectivity index (χ0) is 9.68. The Labute approximate surface area is 84.2 Å². The van der Waals surface area contributed by atoms with Gasteiger partial charge in [0.2, 0.25) is 0 Å². The van der Waals surface area contributed by atoms with Crippen molar-refractivity contribution in [2.24, 2.45) is 0 Å². The molecule has 1 rings (SSSR count). The molecule has 68 valence electrons. The van der Waals surface area contributed by atoms with Crippen LogP contribution in [-0.2, 0) is 0 Å². The van der Waals surface area contributed by atoms with Crippen LogP contribution in [0.5, 0.6) is 5.75 Å². The molecule has 0 atom stereocenters. The monoisotopic (exact) mass is 192 g/mol. The Morgan fingerprint density at radius 1 is 1.46 bits per heavy atom. The van der Waals surface area contributed by atoms with Gasteiger partial charge >= 0.3 is 0 Å². The van der Waals surface area contributed by atoms with Gasteiger partial charge in [-0.2, -0.15) is 12.6 Å². The van der Waals surface area contributed by atoms with Crippen LogP contribution in [0.1, 0.15) is 17.5 Å². The third-order valence-corrected chi connectivity index (χ3v) is 1.92. The van der Waals surface area contributed by atoms with Crippen LogP contribution in [0, 0.1) is 18.8 Å². The van der Waals surface area contributed by atoms with E-state index < -0.39 is 0 Å². The smallest absolute Gasteiger partial charge is 0.134 e. The summed E-state index contributed by atoms with van der Waals surface area (Å²) in [7, 11) is 0. The topological polar surface area (TPSA) is 20.2 Å². The van der Waals surface area contributed by atoms with E-state index in [2.05, 4.69) is 24.5 Å². The number of aromatic hydroxyl groups is 1. The summed E-state index contributed by atoms with van der Waals surface area (Å²) in [5.74, 6) is 6.87. The van der Waals surface area contributed by atoms with E-state index in [0.717, 1.165) is 17.7 Å². The molecule has 0 aliphatic heterocycles. The van der Waals surface area contributed by atoms with Gasteiger partial charge in [0.1, 0.15) is 5.75 Å². The minimum atomic E-state index is 0.286. The van der Waals surface area contributed by atoms with Gasteiger partial charge in [-0.05, 0) is 18.6 Å². The Bertz CT molecular complexity index is 347. The SMILES string of the molecule is Cc1cccc(C#CCCS)c1O. The first kappa shape index (κ1) is 10.0. The van der Waals surface area contributed by atoms with Crippen LogP contribution in [0.2, 0.25) is 0 Å². The fourth-order valence-electron chi connectivity index (χ4n) is 0.973. The van der Waals surface area contributed by atoms with Crippen molar-refractivity contribution in [1.29, 1.82) is 0 Å². The molecule has 0 amide bonds. The number of hydrogen-bond acceptors (Lipinski definition) is 2. The van der Waals surface area contributed by atoms with Crippen LogP contribution < -0.4 is 0 Å². The second-order valence-corrected chi connectivity index (χ2v) is 3.19. The highest BCUT2D eigenvalue weighted by Gasteiger charge is 1.98. The molecular formula is C11H12OS. The van der Waals surface area contributed by atoms with Crippen molar-refractivity contribution in [2.45, 2.75) is 13.3 Å². The second-order valence-electron chi connectivity index (χ2n) is 2.75. The fourth-order valence-corrected chi connectivity index (χ4v) is 1.09. The average Bonchev–Trinajstić information content (AvgIpc) is 2.13. The first-order valence-corrected chi connectivity index (χ1v) is 4.77. The van der Waals surface area contributed by atoms with Gasteiger partial charge in [-0.15, -0.1) is 0 Å². The van der Waals surface area contributed by atoms with Crippen molar-refractivity contribution in [3.8, 4) is 17.6 Å². The van der Waals surface area contributed by atoms with Gasteiger partial charge in [0, 0.05) is 12.2 Å². The molecule has 0 saturated carbocycles. The van der Waals surface area contributed by atoms with Gasteiger partial charge < -0.3 is 5.11 Å². The van der Waals surface area contributed by atoms with E-state index in [1.165, 1.54) is 0 Å². The Morgan fingerprint density at radius 3 is 2.92 bits per heavy atom. The highest BCUT2D eigenvalue weighted by molar-refractivity contribution is 7.80. The van der Waals surface area contributed by atoms with Crippen LogP contribution in [0.4, 0.5) is 0 Å². The van der Waals surface area contributed by atoms with Gasteiger partial charge in [-0.1, -0.05) is 24.0 Å². The Morgan fingerprint density at radius 2 is 2.23 bits per heavy atom. The minimum absolute atomic E-state index is 0.286. The number of benzene rings is 1. The zero-order valence-corrected chi connectivity index (χ0v) is 8.44. The van der Waals surface area contributed by atoms with Crippen molar-refractivity contribution in [3.63, 3.8) is 0 Å². The van der Waals surface area contributed by atoms with Gasteiger partial charge in [-0.3, -0.25) is 0 Å². The molecule has 1 aromatic rings. The summed E-state index contributed by atoms with van der Waals surface area (Å²) in [4.78, 5) is 0. The molecule has 1 nitrogen and oxygen atoms in total. The predicted octanol–water partition coefficient (Wildman–Crippen LogP) is 2.37. The highest BCUT2D eigenvalue weighted by Crippen LogP contribution is 2.19. The van der Waals surface area contributed by atoms with Crippen LogP contribution in [-0.4, -0.2) is 10.9 Å². The molecule has 0 fully saturated rings. The van der Waals surface area contributed by atoms with Gasteiger partial charge in [0.15, 0.2) is 0 Å². The number of hydrogen-bond donors (Lipinski definition) is 2. The number of thiol groups is 1. The molecule has 2 heteroatoms. The maximum Gasteiger partial charge on any atom is 0.134 e. The molecule has 0 aromatic heterocycles.